The molecule has 2 aromatic rings. The zero-order valence-electron chi connectivity index (χ0n) is 13.9. The maximum Gasteiger partial charge on any atom is 0.344 e. The fourth-order valence-electron chi connectivity index (χ4n) is 2.08. The second kappa shape index (κ2) is 7.25. The van der Waals surface area contributed by atoms with Crippen LogP contribution in [0.4, 0.5) is 10.1 Å². The van der Waals surface area contributed by atoms with Crippen LogP contribution in [0, 0.1) is 12.7 Å². The highest BCUT2D eigenvalue weighted by molar-refractivity contribution is 5.98. The molecule has 1 N–H and O–H groups in total. The van der Waals surface area contributed by atoms with E-state index in [-0.39, 0.29) is 11.5 Å². The summed E-state index contributed by atoms with van der Waals surface area (Å²) in [4.78, 5) is 24.4. The number of amides is 1. The third-order valence-electron chi connectivity index (χ3n) is 3.38. The highest BCUT2D eigenvalue weighted by atomic mass is 19.1. The smallest absolute Gasteiger partial charge is 0.344 e. The standard InChI is InChI=1S/C17H19FN2O4/c1-9(2)15-14(10(3)20-24-15)17(22)23-11(4)16(21)19-13-7-5-12(18)6-8-13/h5-9,11H,1-4H3,(H,19,21)/t11-/m1/s1. The molecule has 0 saturated carbocycles. The summed E-state index contributed by atoms with van der Waals surface area (Å²) >= 11 is 0. The number of hydrogen-bond acceptors (Lipinski definition) is 5. The first-order chi connectivity index (χ1) is 11.3. The summed E-state index contributed by atoms with van der Waals surface area (Å²) in [6.45, 7) is 6.81. The molecule has 0 aliphatic rings. The maximum absolute atomic E-state index is 12.9. The van der Waals surface area contributed by atoms with Gasteiger partial charge in [-0.05, 0) is 38.1 Å². The number of carbonyl (C=O) groups excluding carboxylic acids is 2. The van der Waals surface area contributed by atoms with Crippen molar-refractivity contribution >= 4 is 17.6 Å². The number of nitrogens with zero attached hydrogens (tertiary/aromatic N) is 1. The Kier molecular flexibility index (Phi) is 5.33. The van der Waals surface area contributed by atoms with Crippen LogP contribution in [0.15, 0.2) is 28.8 Å². The second-order valence-electron chi connectivity index (χ2n) is 5.71. The summed E-state index contributed by atoms with van der Waals surface area (Å²) in [5.41, 5.74) is 1.06. The van der Waals surface area contributed by atoms with Crippen molar-refractivity contribution in [3.63, 3.8) is 0 Å². The molecule has 1 aromatic heterocycles. The molecule has 1 atom stereocenters. The fraction of sp³-hybridized carbons (Fsp3) is 0.353. The van der Waals surface area contributed by atoms with E-state index < -0.39 is 23.8 Å². The van der Waals surface area contributed by atoms with Crippen LogP contribution in [0.25, 0.3) is 0 Å². The first-order valence-corrected chi connectivity index (χ1v) is 7.53. The molecule has 0 aliphatic heterocycles. The van der Waals surface area contributed by atoms with Crippen LogP contribution in [0.1, 0.15) is 48.5 Å². The number of rotatable bonds is 5. The van der Waals surface area contributed by atoms with Crippen LogP contribution in [0.2, 0.25) is 0 Å². The number of halogens is 1. The third-order valence-corrected chi connectivity index (χ3v) is 3.38. The molecule has 0 aliphatic carbocycles. The summed E-state index contributed by atoms with van der Waals surface area (Å²) in [6.07, 6.45) is -1.03. The van der Waals surface area contributed by atoms with Crippen LogP contribution < -0.4 is 5.32 Å². The summed E-state index contributed by atoms with van der Waals surface area (Å²) in [5, 5.41) is 6.32. The van der Waals surface area contributed by atoms with Crippen molar-refractivity contribution in [2.75, 3.05) is 5.32 Å². The van der Waals surface area contributed by atoms with Crippen LogP contribution in [-0.2, 0) is 9.53 Å². The number of ether oxygens (including phenoxy) is 1. The van der Waals surface area contributed by atoms with Gasteiger partial charge in [0.1, 0.15) is 11.4 Å². The molecule has 6 nitrogen and oxygen atoms in total. The van der Waals surface area contributed by atoms with Crippen molar-refractivity contribution in [2.24, 2.45) is 0 Å². The molecule has 0 spiro atoms. The first-order valence-electron chi connectivity index (χ1n) is 7.53. The molecule has 0 unspecified atom stereocenters. The molecule has 0 saturated heterocycles. The molecule has 1 aromatic carbocycles. The fourth-order valence-corrected chi connectivity index (χ4v) is 2.08. The van der Waals surface area contributed by atoms with Gasteiger partial charge in [-0.2, -0.15) is 0 Å². The second-order valence-corrected chi connectivity index (χ2v) is 5.71. The largest absolute Gasteiger partial charge is 0.449 e. The van der Waals surface area contributed by atoms with E-state index in [4.69, 9.17) is 9.26 Å². The summed E-state index contributed by atoms with van der Waals surface area (Å²) in [6, 6.07) is 5.29. The number of benzene rings is 1. The monoisotopic (exact) mass is 334 g/mol. The molecule has 0 bridgehead atoms. The highest BCUT2D eigenvalue weighted by Crippen LogP contribution is 2.23. The van der Waals surface area contributed by atoms with Crippen LogP contribution in [0.5, 0.6) is 0 Å². The minimum Gasteiger partial charge on any atom is -0.449 e. The van der Waals surface area contributed by atoms with Gasteiger partial charge in [0.15, 0.2) is 11.9 Å². The molecule has 1 amide bonds. The molecule has 24 heavy (non-hydrogen) atoms. The number of aryl methyl sites for hydroxylation is 1. The van der Waals surface area contributed by atoms with Crippen LogP contribution in [-0.4, -0.2) is 23.1 Å². The van der Waals surface area contributed by atoms with Gasteiger partial charge < -0.3 is 14.6 Å². The number of hydrogen-bond donors (Lipinski definition) is 1. The minimum absolute atomic E-state index is 0.0444. The van der Waals surface area contributed by atoms with Gasteiger partial charge in [0.05, 0.1) is 5.69 Å². The van der Waals surface area contributed by atoms with Gasteiger partial charge in [-0.1, -0.05) is 19.0 Å². The molecular formula is C17H19FN2O4. The lowest BCUT2D eigenvalue weighted by Gasteiger charge is -2.14. The number of carbonyl (C=O) groups is 2. The van der Waals surface area contributed by atoms with Crippen LogP contribution >= 0.6 is 0 Å². The van der Waals surface area contributed by atoms with E-state index >= 15 is 0 Å². The average Bonchev–Trinajstić information content (AvgIpc) is 2.91. The lowest BCUT2D eigenvalue weighted by molar-refractivity contribution is -0.123. The molecule has 2 rings (SSSR count). The van der Waals surface area contributed by atoms with E-state index in [0.29, 0.717) is 17.1 Å². The summed E-state index contributed by atoms with van der Waals surface area (Å²) in [7, 11) is 0. The molecule has 7 heteroatoms. The Bertz CT molecular complexity index is 738. The number of nitrogens with one attached hydrogen (secondary N) is 1. The van der Waals surface area contributed by atoms with Gasteiger partial charge >= 0.3 is 5.97 Å². The van der Waals surface area contributed by atoms with E-state index in [1.54, 1.807) is 6.92 Å². The Morgan fingerprint density at radius 1 is 1.21 bits per heavy atom. The average molecular weight is 334 g/mol. The van der Waals surface area contributed by atoms with Gasteiger partial charge in [0.25, 0.3) is 5.91 Å². The lowest BCUT2D eigenvalue weighted by Crippen LogP contribution is -2.30. The normalized spacial score (nSPS) is 12.1. The van der Waals surface area contributed by atoms with Crippen molar-refractivity contribution < 1.29 is 23.2 Å². The zero-order chi connectivity index (χ0) is 17.9. The van der Waals surface area contributed by atoms with Crippen molar-refractivity contribution in [1.29, 1.82) is 0 Å². The molecule has 0 fully saturated rings. The lowest BCUT2D eigenvalue weighted by atomic mass is 10.1. The number of aromatic nitrogens is 1. The number of anilines is 1. The maximum atomic E-state index is 12.9. The Balaban J connectivity index is 2.04. The minimum atomic E-state index is -1.03. The van der Waals surface area contributed by atoms with E-state index in [1.165, 1.54) is 31.2 Å². The predicted octanol–water partition coefficient (Wildman–Crippen LogP) is 3.43. The topological polar surface area (TPSA) is 81.4 Å². The molecule has 1 heterocycles. The Morgan fingerprint density at radius 2 is 1.83 bits per heavy atom. The van der Waals surface area contributed by atoms with E-state index in [9.17, 15) is 14.0 Å². The summed E-state index contributed by atoms with van der Waals surface area (Å²) in [5.74, 6) is -1.22. The molecule has 0 radical (unpaired) electrons. The first kappa shape index (κ1) is 17.7. The zero-order valence-corrected chi connectivity index (χ0v) is 13.9. The van der Waals surface area contributed by atoms with Gasteiger partial charge in [0, 0.05) is 11.6 Å². The third kappa shape index (κ3) is 3.98. The SMILES string of the molecule is Cc1noc(C(C)C)c1C(=O)O[C@H](C)C(=O)Nc1ccc(F)cc1. The summed E-state index contributed by atoms with van der Waals surface area (Å²) < 4.78 is 23.2. The Labute approximate surface area is 139 Å². The van der Waals surface area contributed by atoms with Crippen molar-refractivity contribution in [1.82, 2.24) is 5.16 Å². The van der Waals surface area contributed by atoms with Gasteiger partial charge in [0.2, 0.25) is 0 Å². The quantitative estimate of drug-likeness (QED) is 0.847. The van der Waals surface area contributed by atoms with E-state index in [2.05, 4.69) is 10.5 Å². The van der Waals surface area contributed by atoms with Gasteiger partial charge in [-0.15, -0.1) is 0 Å². The van der Waals surface area contributed by atoms with E-state index in [0.717, 1.165) is 0 Å². The van der Waals surface area contributed by atoms with Gasteiger partial charge in [-0.3, -0.25) is 4.79 Å². The van der Waals surface area contributed by atoms with E-state index in [1.807, 2.05) is 13.8 Å². The Morgan fingerprint density at radius 3 is 2.42 bits per heavy atom. The van der Waals surface area contributed by atoms with Gasteiger partial charge in [-0.25, -0.2) is 9.18 Å². The van der Waals surface area contributed by atoms with Crippen LogP contribution in [0.3, 0.4) is 0 Å². The predicted molar refractivity (Wildman–Crippen MR) is 85.2 cm³/mol. The number of esters is 1. The molecule has 128 valence electrons. The van der Waals surface area contributed by atoms with Crippen molar-refractivity contribution in [2.45, 2.75) is 39.7 Å². The van der Waals surface area contributed by atoms with Crippen molar-refractivity contribution in [3.05, 3.63) is 47.1 Å². The van der Waals surface area contributed by atoms with Crippen molar-refractivity contribution in [3.8, 4) is 0 Å². The molecular weight excluding hydrogens is 315 g/mol. The Hall–Kier alpha value is -2.70. The highest BCUT2D eigenvalue weighted by Gasteiger charge is 2.27.